The van der Waals surface area contributed by atoms with E-state index in [-0.39, 0.29) is 17.9 Å². The Kier molecular flexibility index (Phi) is 9.60. The summed E-state index contributed by atoms with van der Waals surface area (Å²) in [6.07, 6.45) is 1.54. The van der Waals surface area contributed by atoms with Gasteiger partial charge < -0.3 is 25.0 Å². The molecule has 0 atom stereocenters. The lowest BCUT2D eigenvalue weighted by Crippen LogP contribution is -2.26. The van der Waals surface area contributed by atoms with Crippen LogP contribution >= 0.6 is 45.2 Å². The maximum Gasteiger partial charge on any atom is 0.324 e. The lowest BCUT2D eigenvalue weighted by Gasteiger charge is -2.22. The van der Waals surface area contributed by atoms with Crippen LogP contribution in [0.4, 0.5) is 22.1 Å². The highest BCUT2D eigenvalue weighted by molar-refractivity contribution is 14.2. The largest absolute Gasteiger partial charge is 0.476 e. The molecule has 1 aliphatic rings. The Hall–Kier alpha value is -3.44. The molecule has 45 heavy (non-hydrogen) atoms. The van der Waals surface area contributed by atoms with Gasteiger partial charge in [-0.05, 0) is 56.9 Å². The number of rotatable bonds is 8. The molecule has 11 nitrogen and oxygen atoms in total. The smallest absolute Gasteiger partial charge is 0.324 e. The van der Waals surface area contributed by atoms with Crippen molar-refractivity contribution >= 4 is 74.4 Å². The Balaban J connectivity index is 1.41. The van der Waals surface area contributed by atoms with Crippen LogP contribution in [-0.2, 0) is 18.2 Å². The second kappa shape index (κ2) is 13.1. The van der Waals surface area contributed by atoms with Gasteiger partial charge in [0.2, 0.25) is 5.75 Å². The van der Waals surface area contributed by atoms with Crippen LogP contribution in [0.1, 0.15) is 44.5 Å². The molecule has 13 heteroatoms. The van der Waals surface area contributed by atoms with Crippen molar-refractivity contribution in [3.63, 3.8) is 0 Å². The van der Waals surface area contributed by atoms with E-state index < -0.39 is 7.46 Å². The molecular formula is C32H35I2N7O4. The molecule has 3 heterocycles. The molecule has 0 saturated heterocycles. The first-order chi connectivity index (χ1) is 21.2. The van der Waals surface area contributed by atoms with Gasteiger partial charge in [-0.3, -0.25) is 10.1 Å². The summed E-state index contributed by atoms with van der Waals surface area (Å²) >= 11 is 4.64. The number of carbonyl (C=O) groups excluding carboxylic acids is 2. The molecule has 4 aromatic rings. The van der Waals surface area contributed by atoms with Gasteiger partial charge in [0, 0.05) is 41.5 Å². The van der Waals surface area contributed by atoms with Crippen LogP contribution in [0, 0.1) is 0 Å². The third-order valence-corrected chi connectivity index (χ3v) is 7.95. The van der Waals surface area contributed by atoms with Crippen LogP contribution in [0.25, 0.3) is 5.69 Å². The van der Waals surface area contributed by atoms with Gasteiger partial charge in [0.25, 0.3) is 5.91 Å². The van der Waals surface area contributed by atoms with Crippen molar-refractivity contribution in [3.8, 4) is 22.9 Å². The van der Waals surface area contributed by atoms with Crippen molar-refractivity contribution in [2.24, 2.45) is 0 Å². The van der Waals surface area contributed by atoms with E-state index in [4.69, 9.17) is 14.6 Å². The summed E-state index contributed by atoms with van der Waals surface area (Å²) in [5.74, 6) is 1.92. The van der Waals surface area contributed by atoms with Gasteiger partial charge in [0.1, 0.15) is 11.6 Å². The third kappa shape index (κ3) is 8.05. The number of halogens is 2. The standard InChI is InChI=1S/C32H35I2N7O4/c1-31(2,3)25-16-26(41(39-25)20-9-7-8-19(14-20)17-40(5)6)37-30(43)36-23-11-10-21(15-22(23)32(4,33)34)45-24-12-13-35-29-28(24)44-18-27(42)38-29/h7-16H,17-18H2,1-6H3,(H,35,38,42)(H2,36,37,43). The van der Waals surface area contributed by atoms with Gasteiger partial charge >= 0.3 is 6.03 Å². The summed E-state index contributed by atoms with van der Waals surface area (Å²) < 4.78 is 13.1. The molecular weight excluding hydrogens is 800 g/mol. The summed E-state index contributed by atoms with van der Waals surface area (Å²) in [4.78, 5) is 31.5. The molecule has 0 spiro atoms. The molecule has 3 amide bonds. The average Bonchev–Trinajstić information content (AvgIpc) is 3.37. The van der Waals surface area contributed by atoms with E-state index in [9.17, 15) is 9.59 Å². The molecule has 0 fully saturated rings. The number of nitrogens with one attached hydrogen (secondary N) is 3. The lowest BCUT2D eigenvalue weighted by atomic mass is 9.92. The van der Waals surface area contributed by atoms with Crippen LogP contribution in [0.15, 0.2) is 60.8 Å². The summed E-state index contributed by atoms with van der Waals surface area (Å²) in [5.41, 5.74) is 4.09. The minimum Gasteiger partial charge on any atom is -0.476 e. The molecule has 0 bridgehead atoms. The zero-order chi connectivity index (χ0) is 32.5. The van der Waals surface area contributed by atoms with Gasteiger partial charge in [-0.25, -0.2) is 14.5 Å². The summed E-state index contributed by atoms with van der Waals surface area (Å²) in [7, 11) is 4.06. The van der Waals surface area contributed by atoms with Gasteiger partial charge in [-0.2, -0.15) is 5.10 Å². The first kappa shape index (κ1) is 32.9. The second-order valence-corrected chi connectivity index (χ2v) is 18.5. The average molecular weight is 835 g/mol. The molecule has 0 unspecified atom stereocenters. The van der Waals surface area contributed by atoms with Crippen molar-refractivity contribution in [2.45, 2.75) is 41.1 Å². The number of benzene rings is 2. The van der Waals surface area contributed by atoms with Crippen LogP contribution in [-0.4, -0.2) is 52.3 Å². The maximum absolute atomic E-state index is 13.5. The van der Waals surface area contributed by atoms with E-state index in [2.05, 4.69) is 104 Å². The minimum absolute atomic E-state index is 0.116. The molecule has 3 N–H and O–H groups in total. The molecule has 0 radical (unpaired) electrons. The Morgan fingerprint density at radius 1 is 1.09 bits per heavy atom. The van der Waals surface area contributed by atoms with Crippen LogP contribution in [0.2, 0.25) is 0 Å². The number of hydrogen-bond acceptors (Lipinski definition) is 7. The first-order valence-electron chi connectivity index (χ1n) is 14.2. The zero-order valence-electron chi connectivity index (χ0n) is 25.9. The van der Waals surface area contributed by atoms with Crippen molar-refractivity contribution in [1.82, 2.24) is 19.7 Å². The number of amides is 3. The molecule has 2 aromatic carbocycles. The SMILES string of the molecule is CN(C)Cc1cccc(-n2nc(C(C)(C)C)cc2NC(=O)Nc2ccc(Oc3ccnc4c3OCC(=O)N4)cc2C(C)(I)I)c1. The number of fused-ring (bicyclic) bond motifs is 1. The second-order valence-electron chi connectivity index (χ2n) is 12.1. The zero-order valence-corrected chi connectivity index (χ0v) is 30.2. The quantitative estimate of drug-likeness (QED) is 0.125. The fraction of sp³-hybridized carbons (Fsp3) is 0.312. The van der Waals surface area contributed by atoms with E-state index >= 15 is 0 Å². The molecule has 1 aliphatic heterocycles. The maximum atomic E-state index is 13.5. The van der Waals surface area contributed by atoms with Crippen LogP contribution < -0.4 is 25.4 Å². The van der Waals surface area contributed by atoms with E-state index in [0.29, 0.717) is 34.6 Å². The van der Waals surface area contributed by atoms with E-state index in [1.165, 1.54) is 0 Å². The number of urea groups is 1. The number of nitrogens with zero attached hydrogens (tertiary/aromatic N) is 4. The highest BCUT2D eigenvalue weighted by Crippen LogP contribution is 2.45. The topological polar surface area (TPSA) is 123 Å². The Morgan fingerprint density at radius 3 is 2.58 bits per heavy atom. The fourth-order valence-electron chi connectivity index (χ4n) is 4.69. The fourth-order valence-corrected chi connectivity index (χ4v) is 5.58. The van der Waals surface area contributed by atoms with E-state index in [1.54, 1.807) is 29.1 Å². The Morgan fingerprint density at radius 2 is 1.87 bits per heavy atom. The summed E-state index contributed by atoms with van der Waals surface area (Å²) in [6.45, 7) is 8.98. The van der Waals surface area contributed by atoms with Crippen molar-refractivity contribution in [2.75, 3.05) is 36.7 Å². The number of hydrogen-bond donors (Lipinski definition) is 3. The monoisotopic (exact) mass is 835 g/mol. The number of alkyl halides is 2. The molecule has 5 rings (SSSR count). The number of anilines is 3. The van der Waals surface area contributed by atoms with Crippen LogP contribution in [0.3, 0.4) is 0 Å². The highest BCUT2D eigenvalue weighted by atomic mass is 127. The van der Waals surface area contributed by atoms with Gasteiger partial charge in [0.05, 0.1) is 12.8 Å². The number of carbonyl (C=O) groups is 2. The predicted octanol–water partition coefficient (Wildman–Crippen LogP) is 7.44. The predicted molar refractivity (Wildman–Crippen MR) is 193 cm³/mol. The van der Waals surface area contributed by atoms with E-state index in [1.807, 2.05) is 45.3 Å². The normalized spacial score (nSPS) is 13.1. The third-order valence-electron chi connectivity index (χ3n) is 6.79. The Labute approximate surface area is 289 Å². The van der Waals surface area contributed by atoms with Gasteiger partial charge in [-0.15, -0.1) is 0 Å². The first-order valence-corrected chi connectivity index (χ1v) is 16.4. The molecule has 236 valence electrons. The van der Waals surface area contributed by atoms with Crippen molar-refractivity contribution in [1.29, 1.82) is 0 Å². The molecule has 2 aromatic heterocycles. The molecule has 0 saturated carbocycles. The number of aromatic nitrogens is 3. The summed E-state index contributed by atoms with van der Waals surface area (Å²) in [5, 5.41) is 13.6. The lowest BCUT2D eigenvalue weighted by molar-refractivity contribution is -0.118. The minimum atomic E-state index is -0.402. The number of pyridine rings is 1. The summed E-state index contributed by atoms with van der Waals surface area (Å²) in [6, 6.07) is 16.8. The van der Waals surface area contributed by atoms with Gasteiger partial charge in [0.15, 0.2) is 18.2 Å². The number of ether oxygens (including phenoxy) is 2. The van der Waals surface area contributed by atoms with Crippen LogP contribution in [0.5, 0.6) is 17.2 Å². The van der Waals surface area contributed by atoms with Crippen molar-refractivity contribution in [3.05, 3.63) is 77.6 Å². The molecule has 0 aliphatic carbocycles. The van der Waals surface area contributed by atoms with E-state index in [0.717, 1.165) is 29.1 Å². The van der Waals surface area contributed by atoms with Gasteiger partial charge in [-0.1, -0.05) is 78.1 Å². The highest BCUT2D eigenvalue weighted by Gasteiger charge is 2.27. The Bertz CT molecular complexity index is 1740. The van der Waals surface area contributed by atoms with Crippen molar-refractivity contribution < 1.29 is 19.1 Å².